The molecule has 0 saturated heterocycles. The molecule has 1 aliphatic heterocycles. The third-order valence-electron chi connectivity index (χ3n) is 5.32. The van der Waals surface area contributed by atoms with Gasteiger partial charge in [-0.25, -0.2) is 4.98 Å². The van der Waals surface area contributed by atoms with Crippen molar-refractivity contribution in [1.82, 2.24) is 14.9 Å². The minimum Gasteiger partial charge on any atom is -0.496 e. The first kappa shape index (κ1) is 17.1. The minimum atomic E-state index is -0.0208. The summed E-state index contributed by atoms with van der Waals surface area (Å²) in [5, 5.41) is 3.06. The number of hydrogen-bond acceptors (Lipinski definition) is 4. The average Bonchev–Trinajstić information content (AvgIpc) is 3.35. The van der Waals surface area contributed by atoms with Gasteiger partial charge in [0.15, 0.2) is 0 Å². The van der Waals surface area contributed by atoms with Gasteiger partial charge in [-0.2, -0.15) is 0 Å². The zero-order chi connectivity index (χ0) is 17.9. The number of rotatable bonds is 5. The number of aromatic nitrogens is 2. The van der Waals surface area contributed by atoms with E-state index in [0.717, 1.165) is 35.7 Å². The Morgan fingerprint density at radius 3 is 2.96 bits per heavy atom. The first-order valence-electron chi connectivity index (χ1n) is 9.33. The predicted molar refractivity (Wildman–Crippen MR) is 97.8 cm³/mol. The average molecular weight is 355 g/mol. The molecular formula is C20H25N3O3. The zero-order valence-corrected chi connectivity index (χ0v) is 15.1. The highest BCUT2D eigenvalue weighted by molar-refractivity contribution is 5.78. The molecule has 1 aliphatic carbocycles. The maximum absolute atomic E-state index is 12.2. The number of benzene rings is 1. The van der Waals surface area contributed by atoms with Crippen LogP contribution in [-0.2, 0) is 22.7 Å². The van der Waals surface area contributed by atoms with E-state index < -0.39 is 0 Å². The van der Waals surface area contributed by atoms with Gasteiger partial charge in [0.1, 0.15) is 18.2 Å². The van der Waals surface area contributed by atoms with Crippen molar-refractivity contribution in [2.24, 2.45) is 5.92 Å². The Morgan fingerprint density at radius 2 is 2.15 bits per heavy atom. The van der Waals surface area contributed by atoms with Gasteiger partial charge in [0, 0.05) is 24.2 Å². The number of nitrogens with zero attached hydrogens (tertiary/aromatic N) is 2. The van der Waals surface area contributed by atoms with Crippen molar-refractivity contribution in [2.45, 2.75) is 44.9 Å². The van der Waals surface area contributed by atoms with E-state index in [4.69, 9.17) is 14.5 Å². The topological polar surface area (TPSA) is 65.4 Å². The second-order valence-electron chi connectivity index (χ2n) is 7.05. The Balaban J connectivity index is 1.41. The van der Waals surface area contributed by atoms with E-state index in [-0.39, 0.29) is 17.9 Å². The number of nitrogens with one attached hydrogen (secondary N) is 1. The lowest BCUT2D eigenvalue weighted by Crippen LogP contribution is -2.40. The van der Waals surface area contributed by atoms with Gasteiger partial charge >= 0.3 is 0 Å². The predicted octanol–water partition coefficient (Wildman–Crippen LogP) is 2.76. The first-order valence-corrected chi connectivity index (χ1v) is 9.33. The van der Waals surface area contributed by atoms with Gasteiger partial charge in [0.25, 0.3) is 0 Å². The highest BCUT2D eigenvalue weighted by Crippen LogP contribution is 2.30. The lowest BCUT2D eigenvalue weighted by Gasteiger charge is -2.25. The molecule has 1 saturated carbocycles. The van der Waals surface area contributed by atoms with Crippen LogP contribution in [0.2, 0.25) is 0 Å². The van der Waals surface area contributed by atoms with Gasteiger partial charge in [-0.05, 0) is 25.0 Å². The largest absolute Gasteiger partial charge is 0.496 e. The molecule has 4 rings (SSSR count). The molecule has 6 heteroatoms. The number of para-hydroxylation sites is 1. The SMILES string of the molecule is COc1ccccc1-c1cn2c(n1)CO[C@@H](CNC(=O)C1CCCC1)C2. The summed E-state index contributed by atoms with van der Waals surface area (Å²) in [6.07, 6.45) is 6.40. The number of carbonyl (C=O) groups excluding carboxylic acids is 1. The molecule has 0 spiro atoms. The number of fused-ring (bicyclic) bond motifs is 1. The highest BCUT2D eigenvalue weighted by atomic mass is 16.5. The molecule has 2 aromatic rings. The standard InChI is InChI=1S/C20H25N3O3/c1-25-18-9-5-4-8-16(18)17-12-23-11-15(26-13-19(23)22-17)10-21-20(24)14-6-2-3-7-14/h4-5,8-9,12,14-15H,2-3,6-7,10-11,13H2,1H3,(H,21,24)/t15-/m0/s1. The van der Waals surface area contributed by atoms with Crippen LogP contribution in [0.25, 0.3) is 11.3 Å². The van der Waals surface area contributed by atoms with Crippen molar-refractivity contribution in [3.05, 3.63) is 36.3 Å². The number of hydrogen-bond donors (Lipinski definition) is 1. The second kappa shape index (κ2) is 7.50. The van der Waals surface area contributed by atoms with Gasteiger partial charge in [-0.15, -0.1) is 0 Å². The van der Waals surface area contributed by atoms with Crippen molar-refractivity contribution in [1.29, 1.82) is 0 Å². The van der Waals surface area contributed by atoms with Crippen LogP contribution in [0, 0.1) is 5.92 Å². The summed E-state index contributed by atoms with van der Waals surface area (Å²) in [6, 6.07) is 7.87. The van der Waals surface area contributed by atoms with Crippen LogP contribution in [0.4, 0.5) is 0 Å². The summed E-state index contributed by atoms with van der Waals surface area (Å²) >= 11 is 0. The van der Waals surface area contributed by atoms with Crippen LogP contribution in [0.5, 0.6) is 5.75 Å². The molecule has 6 nitrogen and oxygen atoms in total. The number of methoxy groups -OCH3 is 1. The van der Waals surface area contributed by atoms with Crippen LogP contribution >= 0.6 is 0 Å². The molecule has 1 atom stereocenters. The molecule has 2 aliphatic rings. The molecule has 2 heterocycles. The van der Waals surface area contributed by atoms with Crippen LogP contribution < -0.4 is 10.1 Å². The maximum atomic E-state index is 12.2. The van der Waals surface area contributed by atoms with Crippen molar-refractivity contribution in [3.63, 3.8) is 0 Å². The van der Waals surface area contributed by atoms with Gasteiger partial charge < -0.3 is 19.4 Å². The van der Waals surface area contributed by atoms with Crippen LogP contribution in [0.3, 0.4) is 0 Å². The minimum absolute atomic E-state index is 0.0208. The van der Waals surface area contributed by atoms with Crippen molar-refractivity contribution < 1.29 is 14.3 Å². The normalized spacial score (nSPS) is 20.0. The second-order valence-corrected chi connectivity index (χ2v) is 7.05. The van der Waals surface area contributed by atoms with Crippen molar-refractivity contribution >= 4 is 5.91 Å². The molecule has 1 fully saturated rings. The summed E-state index contributed by atoms with van der Waals surface area (Å²) in [4.78, 5) is 16.9. The fourth-order valence-corrected chi connectivity index (χ4v) is 3.85. The molecule has 0 bridgehead atoms. The summed E-state index contributed by atoms with van der Waals surface area (Å²) in [5.41, 5.74) is 1.86. The Labute approximate surface area is 153 Å². The van der Waals surface area contributed by atoms with Gasteiger partial charge in [-0.1, -0.05) is 25.0 Å². The fourth-order valence-electron chi connectivity index (χ4n) is 3.85. The van der Waals surface area contributed by atoms with Crippen molar-refractivity contribution in [3.8, 4) is 17.0 Å². The van der Waals surface area contributed by atoms with E-state index in [0.29, 0.717) is 19.7 Å². The maximum Gasteiger partial charge on any atom is 0.223 e. The van der Waals surface area contributed by atoms with E-state index in [9.17, 15) is 4.79 Å². The lowest BCUT2D eigenvalue weighted by atomic mass is 10.1. The molecule has 1 aromatic heterocycles. The molecule has 1 N–H and O–H groups in total. The number of imidazole rings is 1. The Kier molecular flexibility index (Phi) is 4.93. The summed E-state index contributed by atoms with van der Waals surface area (Å²) in [7, 11) is 1.67. The molecule has 1 aromatic carbocycles. The van der Waals surface area contributed by atoms with E-state index in [1.54, 1.807) is 7.11 Å². The van der Waals surface area contributed by atoms with Gasteiger partial charge in [0.05, 0.1) is 25.5 Å². The van der Waals surface area contributed by atoms with Crippen LogP contribution in [-0.4, -0.2) is 35.2 Å². The Hall–Kier alpha value is -2.34. The van der Waals surface area contributed by atoms with Crippen molar-refractivity contribution in [2.75, 3.05) is 13.7 Å². The third-order valence-corrected chi connectivity index (χ3v) is 5.32. The van der Waals surface area contributed by atoms with Gasteiger partial charge in [0.2, 0.25) is 5.91 Å². The van der Waals surface area contributed by atoms with Crippen LogP contribution in [0.15, 0.2) is 30.5 Å². The van der Waals surface area contributed by atoms with E-state index in [2.05, 4.69) is 9.88 Å². The molecule has 0 unspecified atom stereocenters. The third kappa shape index (κ3) is 3.46. The first-order chi connectivity index (χ1) is 12.7. The zero-order valence-electron chi connectivity index (χ0n) is 15.1. The van der Waals surface area contributed by atoms with E-state index >= 15 is 0 Å². The highest BCUT2D eigenvalue weighted by Gasteiger charge is 2.25. The van der Waals surface area contributed by atoms with E-state index in [1.807, 2.05) is 30.5 Å². The Bertz CT molecular complexity index is 780. The Morgan fingerprint density at radius 1 is 1.35 bits per heavy atom. The smallest absolute Gasteiger partial charge is 0.223 e. The summed E-state index contributed by atoms with van der Waals surface area (Å²) in [5.74, 6) is 2.09. The number of carbonyl (C=O) groups is 1. The fraction of sp³-hybridized carbons (Fsp3) is 0.500. The number of ether oxygens (including phenoxy) is 2. The van der Waals surface area contributed by atoms with Gasteiger partial charge in [-0.3, -0.25) is 4.79 Å². The summed E-state index contributed by atoms with van der Waals surface area (Å²) < 4.78 is 13.5. The lowest BCUT2D eigenvalue weighted by molar-refractivity contribution is -0.125. The molecule has 0 radical (unpaired) electrons. The van der Waals surface area contributed by atoms with Crippen LogP contribution in [0.1, 0.15) is 31.5 Å². The molecule has 1 amide bonds. The number of amides is 1. The monoisotopic (exact) mass is 355 g/mol. The van der Waals surface area contributed by atoms with E-state index in [1.165, 1.54) is 12.8 Å². The quantitative estimate of drug-likeness (QED) is 0.896. The molecule has 138 valence electrons. The molecular weight excluding hydrogens is 330 g/mol. The molecule has 26 heavy (non-hydrogen) atoms. The summed E-state index contributed by atoms with van der Waals surface area (Å²) in [6.45, 7) is 1.71.